The summed E-state index contributed by atoms with van der Waals surface area (Å²) in [4.78, 5) is 20.6. The molecule has 2 atom stereocenters. The minimum atomic E-state index is -5.08. The van der Waals surface area contributed by atoms with Gasteiger partial charge in [0.1, 0.15) is 0 Å². The maximum absolute atomic E-state index is 11.7. The third-order valence-electron chi connectivity index (χ3n) is 6.90. The molecule has 39 heavy (non-hydrogen) atoms. The molecule has 2 unspecified atom stereocenters. The van der Waals surface area contributed by atoms with Gasteiger partial charge < -0.3 is 19.9 Å². The molecular formula is C30H32F3NO5. The third-order valence-corrected chi connectivity index (χ3v) is 6.90. The van der Waals surface area contributed by atoms with Crippen molar-refractivity contribution in [3.05, 3.63) is 83.4 Å². The molecular weight excluding hydrogens is 511 g/mol. The maximum atomic E-state index is 11.7. The van der Waals surface area contributed by atoms with Gasteiger partial charge in [0.2, 0.25) is 0 Å². The van der Waals surface area contributed by atoms with Crippen LogP contribution < -0.4 is 5.32 Å². The van der Waals surface area contributed by atoms with E-state index in [4.69, 9.17) is 19.4 Å². The minimum Gasteiger partial charge on any atom is -0.475 e. The molecule has 5 rings (SSSR count). The first-order chi connectivity index (χ1) is 18.7. The van der Waals surface area contributed by atoms with E-state index in [0.717, 1.165) is 38.8 Å². The van der Waals surface area contributed by atoms with Crippen molar-refractivity contribution in [3.8, 4) is 0 Å². The largest absolute Gasteiger partial charge is 0.490 e. The highest BCUT2D eigenvalue weighted by molar-refractivity contribution is 5.83. The van der Waals surface area contributed by atoms with Crippen LogP contribution in [0.4, 0.5) is 13.2 Å². The lowest BCUT2D eigenvalue weighted by atomic mass is 9.87. The number of ether oxygens (including phenoxy) is 2. The van der Waals surface area contributed by atoms with Gasteiger partial charge in [-0.15, -0.1) is 0 Å². The Morgan fingerprint density at radius 1 is 0.923 bits per heavy atom. The highest BCUT2D eigenvalue weighted by atomic mass is 19.4. The number of carboxylic acids is 1. The van der Waals surface area contributed by atoms with Crippen molar-refractivity contribution >= 4 is 22.7 Å². The number of aliphatic carboxylic acids is 1. The van der Waals surface area contributed by atoms with Crippen molar-refractivity contribution in [2.45, 2.75) is 50.5 Å². The number of carboxylic acid groups (broad SMARTS) is 1. The molecule has 1 heterocycles. The molecule has 0 radical (unpaired) electrons. The number of carbonyl (C=O) groups excluding carboxylic acids is 1. The van der Waals surface area contributed by atoms with E-state index >= 15 is 0 Å². The zero-order valence-electron chi connectivity index (χ0n) is 21.5. The number of fused-ring (bicyclic) bond motifs is 1. The van der Waals surface area contributed by atoms with E-state index in [1.54, 1.807) is 0 Å². The average molecular weight is 544 g/mol. The maximum Gasteiger partial charge on any atom is 0.490 e. The van der Waals surface area contributed by atoms with E-state index in [0.29, 0.717) is 19.1 Å². The molecule has 9 heteroatoms. The molecule has 1 aliphatic heterocycles. The topological polar surface area (TPSA) is 84.9 Å². The number of esters is 1. The lowest BCUT2D eigenvalue weighted by Gasteiger charge is -2.32. The lowest BCUT2D eigenvalue weighted by molar-refractivity contribution is -0.192. The molecule has 208 valence electrons. The van der Waals surface area contributed by atoms with Gasteiger partial charge >= 0.3 is 18.1 Å². The number of rotatable bonds is 8. The number of carbonyl (C=O) groups is 2. The van der Waals surface area contributed by atoms with Crippen LogP contribution in [0.1, 0.15) is 41.9 Å². The molecule has 2 fully saturated rings. The lowest BCUT2D eigenvalue weighted by Crippen LogP contribution is -2.40. The van der Waals surface area contributed by atoms with E-state index in [9.17, 15) is 18.0 Å². The fourth-order valence-corrected chi connectivity index (χ4v) is 4.56. The predicted octanol–water partition coefficient (Wildman–Crippen LogP) is 5.63. The molecule has 2 N–H and O–H groups in total. The van der Waals surface area contributed by atoms with Crippen LogP contribution >= 0.6 is 0 Å². The van der Waals surface area contributed by atoms with Gasteiger partial charge in [-0.3, -0.25) is 4.79 Å². The number of alkyl halides is 3. The zero-order valence-corrected chi connectivity index (χ0v) is 21.5. The molecule has 6 nitrogen and oxygen atoms in total. The molecule has 0 spiro atoms. The summed E-state index contributed by atoms with van der Waals surface area (Å²) in [6.45, 7) is 2.98. The fourth-order valence-electron chi connectivity index (χ4n) is 4.56. The minimum absolute atomic E-state index is 0.0253. The summed E-state index contributed by atoms with van der Waals surface area (Å²) in [6.07, 6.45) is -1.10. The summed E-state index contributed by atoms with van der Waals surface area (Å²) >= 11 is 0. The standard InChI is InChI=1S/C28H31NO3.C2HF3O2/c30-28(24-11-12-24)31-16-14-20-5-9-23(10-6-20)26-13-15-29-18-27(26)32-19-21-7-8-22-3-1-2-4-25(22)17-21;3-2(4,5)1(6)7/h1-10,17,24,26-27,29H,11-16,18-19H2;(H,6,7). The van der Waals surface area contributed by atoms with Crippen LogP contribution in [0.2, 0.25) is 0 Å². The first-order valence-electron chi connectivity index (χ1n) is 13.1. The average Bonchev–Trinajstić information content (AvgIpc) is 3.78. The quantitative estimate of drug-likeness (QED) is 0.358. The van der Waals surface area contributed by atoms with Gasteiger partial charge in [-0.2, -0.15) is 13.2 Å². The number of piperidine rings is 1. The molecule has 0 bridgehead atoms. The van der Waals surface area contributed by atoms with Crippen molar-refractivity contribution in [3.63, 3.8) is 0 Å². The van der Waals surface area contributed by atoms with Crippen LogP contribution in [0.15, 0.2) is 66.7 Å². The molecule has 1 aliphatic carbocycles. The second kappa shape index (κ2) is 13.1. The van der Waals surface area contributed by atoms with Gasteiger partial charge in [0, 0.05) is 18.9 Å². The summed E-state index contributed by atoms with van der Waals surface area (Å²) in [5.41, 5.74) is 3.75. The van der Waals surface area contributed by atoms with E-state index in [2.05, 4.69) is 72.0 Å². The van der Waals surface area contributed by atoms with Gasteiger partial charge in [0.05, 0.1) is 25.2 Å². The second-order valence-electron chi connectivity index (χ2n) is 9.87. The molecule has 3 aromatic carbocycles. The van der Waals surface area contributed by atoms with Gasteiger partial charge in [-0.1, -0.05) is 60.7 Å². The highest BCUT2D eigenvalue weighted by Crippen LogP contribution is 2.31. The summed E-state index contributed by atoms with van der Waals surface area (Å²) < 4.78 is 43.5. The highest BCUT2D eigenvalue weighted by Gasteiger charge is 2.38. The number of hydrogen-bond donors (Lipinski definition) is 2. The van der Waals surface area contributed by atoms with E-state index < -0.39 is 12.1 Å². The van der Waals surface area contributed by atoms with Crippen molar-refractivity contribution < 1.29 is 37.3 Å². The normalized spacial score (nSPS) is 19.2. The van der Waals surface area contributed by atoms with Crippen LogP contribution in [-0.2, 0) is 32.1 Å². The SMILES string of the molecule is O=C(O)C(F)(F)F.O=C(OCCc1ccc(C2CCNCC2OCc2ccc3ccccc3c2)cc1)C1CC1. The Hall–Kier alpha value is -3.43. The molecule has 1 saturated carbocycles. The van der Waals surface area contributed by atoms with Crippen molar-refractivity contribution in [1.82, 2.24) is 5.32 Å². The monoisotopic (exact) mass is 543 g/mol. The van der Waals surface area contributed by atoms with Crippen LogP contribution in [0.5, 0.6) is 0 Å². The van der Waals surface area contributed by atoms with E-state index in [1.165, 1.54) is 27.5 Å². The van der Waals surface area contributed by atoms with E-state index in [-0.39, 0.29) is 18.0 Å². The number of halogens is 3. The van der Waals surface area contributed by atoms with Crippen molar-refractivity contribution in [2.24, 2.45) is 5.92 Å². The van der Waals surface area contributed by atoms with Gasteiger partial charge in [0.15, 0.2) is 0 Å². The number of benzene rings is 3. The first kappa shape index (κ1) is 28.6. The molecule has 1 saturated heterocycles. The smallest absolute Gasteiger partial charge is 0.475 e. The first-order valence-corrected chi connectivity index (χ1v) is 13.1. The van der Waals surface area contributed by atoms with Crippen LogP contribution in [0, 0.1) is 5.92 Å². The van der Waals surface area contributed by atoms with Gasteiger partial charge in [0.25, 0.3) is 0 Å². The number of nitrogens with one attached hydrogen (secondary N) is 1. The molecule has 0 amide bonds. The summed E-state index contributed by atoms with van der Waals surface area (Å²) in [7, 11) is 0. The summed E-state index contributed by atoms with van der Waals surface area (Å²) in [5, 5.41) is 13.1. The fraction of sp³-hybridized carbons (Fsp3) is 0.400. The van der Waals surface area contributed by atoms with Gasteiger partial charge in [-0.25, -0.2) is 4.79 Å². The van der Waals surface area contributed by atoms with Crippen molar-refractivity contribution in [2.75, 3.05) is 19.7 Å². The van der Waals surface area contributed by atoms with Gasteiger partial charge in [-0.05, 0) is 59.3 Å². The Morgan fingerprint density at radius 2 is 1.59 bits per heavy atom. The second-order valence-corrected chi connectivity index (χ2v) is 9.87. The summed E-state index contributed by atoms with van der Waals surface area (Å²) in [6, 6.07) is 23.8. The predicted molar refractivity (Wildman–Crippen MR) is 140 cm³/mol. The Balaban J connectivity index is 0.000000448. The Bertz CT molecular complexity index is 1260. The van der Waals surface area contributed by atoms with E-state index in [1.807, 2.05) is 0 Å². The van der Waals surface area contributed by atoms with Crippen LogP contribution in [-0.4, -0.2) is 49.0 Å². The number of hydrogen-bond acceptors (Lipinski definition) is 5. The molecule has 2 aliphatic rings. The Morgan fingerprint density at radius 3 is 2.26 bits per heavy atom. The zero-order chi connectivity index (χ0) is 27.8. The van der Waals surface area contributed by atoms with Crippen molar-refractivity contribution in [1.29, 1.82) is 0 Å². The molecule has 0 aromatic heterocycles. The Labute approximate surface area is 225 Å². The summed E-state index contributed by atoms with van der Waals surface area (Å²) in [5.74, 6) is -2.22. The molecule has 3 aromatic rings. The third kappa shape index (κ3) is 8.53. The Kier molecular flexibility index (Phi) is 9.59. The van der Waals surface area contributed by atoms with Crippen LogP contribution in [0.3, 0.4) is 0 Å². The van der Waals surface area contributed by atoms with Crippen LogP contribution in [0.25, 0.3) is 10.8 Å².